The molecule has 1 atom stereocenters. The molecule has 2 aliphatic heterocycles. The molecule has 2 N–H and O–H groups in total. The smallest absolute Gasteiger partial charge is 0.254 e. The number of carbonyl (C=O) groups is 1. The normalized spacial score (nSPS) is 20.7. The van der Waals surface area contributed by atoms with Crippen LogP contribution in [-0.4, -0.2) is 30.2 Å². The maximum absolute atomic E-state index is 13.1. The van der Waals surface area contributed by atoms with Gasteiger partial charge in [-0.3, -0.25) is 15.6 Å². The van der Waals surface area contributed by atoms with E-state index in [-0.39, 0.29) is 12.7 Å². The number of ether oxygens (including phenoxy) is 2. The molecule has 0 bridgehead atoms. The third-order valence-corrected chi connectivity index (χ3v) is 5.43. The fraction of sp³-hybridized carbons (Fsp3) is 0.381. The molecule has 2 aromatic carbocycles. The third-order valence-electron chi connectivity index (χ3n) is 5.43. The first-order chi connectivity index (χ1) is 13.3. The standard InChI is InChI=1S/C21H23N3O3/c25-21(16-4-2-15(3-5-16)18-9-10-22-23-18)24(17-6-7-17)12-14-1-8-19-20(11-14)27-13-26-19/h1-5,8,11,17-18,22-23H,6-7,9-10,12-13H2. The number of fused-ring (bicyclic) bond motifs is 1. The van der Waals surface area contributed by atoms with E-state index in [1.54, 1.807) is 0 Å². The first kappa shape index (κ1) is 16.6. The number of hydrazine groups is 1. The van der Waals surface area contributed by atoms with Gasteiger partial charge < -0.3 is 14.4 Å². The molecule has 27 heavy (non-hydrogen) atoms. The summed E-state index contributed by atoms with van der Waals surface area (Å²) in [4.78, 5) is 15.1. The first-order valence-corrected chi connectivity index (χ1v) is 9.56. The van der Waals surface area contributed by atoms with Crippen molar-refractivity contribution in [3.63, 3.8) is 0 Å². The summed E-state index contributed by atoms with van der Waals surface area (Å²) in [5.74, 6) is 1.63. The van der Waals surface area contributed by atoms with Crippen molar-refractivity contribution < 1.29 is 14.3 Å². The minimum atomic E-state index is 0.0965. The number of nitrogens with one attached hydrogen (secondary N) is 2. The second kappa shape index (κ2) is 6.87. The van der Waals surface area contributed by atoms with E-state index in [1.807, 2.05) is 35.2 Å². The maximum atomic E-state index is 13.1. The molecule has 0 radical (unpaired) electrons. The summed E-state index contributed by atoms with van der Waals surface area (Å²) < 4.78 is 10.8. The van der Waals surface area contributed by atoms with E-state index in [9.17, 15) is 4.79 Å². The topological polar surface area (TPSA) is 62.8 Å². The summed E-state index contributed by atoms with van der Waals surface area (Å²) >= 11 is 0. The molecule has 1 saturated carbocycles. The van der Waals surface area contributed by atoms with Gasteiger partial charge in [-0.15, -0.1) is 0 Å². The lowest BCUT2D eigenvalue weighted by atomic mass is 10.0. The number of nitrogens with zero attached hydrogens (tertiary/aromatic N) is 1. The van der Waals surface area contributed by atoms with Gasteiger partial charge in [-0.05, 0) is 54.7 Å². The molecule has 140 valence electrons. The quantitative estimate of drug-likeness (QED) is 0.853. The molecule has 3 aliphatic rings. The van der Waals surface area contributed by atoms with Crippen LogP contribution in [0, 0.1) is 0 Å². The van der Waals surface area contributed by atoms with Gasteiger partial charge in [0.25, 0.3) is 5.91 Å². The number of amides is 1. The van der Waals surface area contributed by atoms with Crippen molar-refractivity contribution in [3.8, 4) is 11.5 Å². The highest BCUT2D eigenvalue weighted by Gasteiger charge is 2.33. The summed E-state index contributed by atoms with van der Waals surface area (Å²) in [6.07, 6.45) is 3.21. The van der Waals surface area contributed by atoms with Crippen LogP contribution in [0.25, 0.3) is 0 Å². The van der Waals surface area contributed by atoms with Crippen LogP contribution in [0.3, 0.4) is 0 Å². The Bertz CT molecular complexity index is 842. The van der Waals surface area contributed by atoms with Crippen molar-refractivity contribution in [3.05, 3.63) is 59.2 Å². The van der Waals surface area contributed by atoms with Crippen molar-refractivity contribution in [1.82, 2.24) is 15.8 Å². The Balaban J connectivity index is 1.33. The third kappa shape index (κ3) is 3.38. The number of hydrogen-bond donors (Lipinski definition) is 2. The second-order valence-corrected chi connectivity index (χ2v) is 7.39. The Morgan fingerprint density at radius 1 is 1.04 bits per heavy atom. The van der Waals surface area contributed by atoms with Crippen LogP contribution in [0.1, 0.15) is 46.8 Å². The second-order valence-electron chi connectivity index (χ2n) is 7.39. The Labute approximate surface area is 158 Å². The molecule has 5 rings (SSSR count). The van der Waals surface area contributed by atoms with Crippen LogP contribution in [0.2, 0.25) is 0 Å². The van der Waals surface area contributed by atoms with Gasteiger partial charge in [0.05, 0.1) is 0 Å². The zero-order valence-corrected chi connectivity index (χ0v) is 15.1. The molecule has 1 saturated heterocycles. The van der Waals surface area contributed by atoms with Crippen LogP contribution >= 0.6 is 0 Å². The Morgan fingerprint density at radius 2 is 1.85 bits per heavy atom. The molecule has 6 nitrogen and oxygen atoms in total. The highest BCUT2D eigenvalue weighted by molar-refractivity contribution is 5.94. The lowest BCUT2D eigenvalue weighted by Gasteiger charge is -2.23. The van der Waals surface area contributed by atoms with E-state index in [2.05, 4.69) is 23.0 Å². The molecule has 1 aliphatic carbocycles. The van der Waals surface area contributed by atoms with Gasteiger partial charge in [0.15, 0.2) is 11.5 Å². The predicted molar refractivity (Wildman–Crippen MR) is 100 cm³/mol. The predicted octanol–water partition coefficient (Wildman–Crippen LogP) is 2.76. The zero-order chi connectivity index (χ0) is 18.2. The Kier molecular flexibility index (Phi) is 4.22. The monoisotopic (exact) mass is 365 g/mol. The minimum absolute atomic E-state index is 0.0965. The van der Waals surface area contributed by atoms with E-state index in [0.717, 1.165) is 48.4 Å². The SMILES string of the molecule is O=C(c1ccc(C2CCNN2)cc1)N(Cc1ccc2c(c1)OCO2)C1CC1. The Morgan fingerprint density at radius 3 is 2.59 bits per heavy atom. The van der Waals surface area contributed by atoms with Crippen LogP contribution in [0.15, 0.2) is 42.5 Å². The highest BCUT2D eigenvalue weighted by atomic mass is 16.7. The molecular formula is C21H23N3O3. The van der Waals surface area contributed by atoms with Gasteiger partial charge >= 0.3 is 0 Å². The molecule has 1 amide bonds. The molecule has 2 aromatic rings. The average Bonchev–Trinajstić information content (AvgIpc) is 3.19. The minimum Gasteiger partial charge on any atom is -0.454 e. The van der Waals surface area contributed by atoms with Crippen molar-refractivity contribution in [2.45, 2.75) is 37.9 Å². The number of rotatable bonds is 5. The van der Waals surface area contributed by atoms with Gasteiger partial charge in [0.1, 0.15) is 0 Å². The van der Waals surface area contributed by atoms with Gasteiger partial charge in [0.2, 0.25) is 6.79 Å². The molecule has 6 heteroatoms. The van der Waals surface area contributed by atoms with Gasteiger partial charge in [-0.1, -0.05) is 18.2 Å². The van der Waals surface area contributed by atoms with E-state index in [1.165, 1.54) is 5.56 Å². The average molecular weight is 365 g/mol. The summed E-state index contributed by atoms with van der Waals surface area (Å²) in [5, 5.41) is 0. The largest absolute Gasteiger partial charge is 0.454 e. The summed E-state index contributed by atoms with van der Waals surface area (Å²) in [7, 11) is 0. The molecule has 2 fully saturated rings. The number of carbonyl (C=O) groups excluding carboxylic acids is 1. The zero-order valence-electron chi connectivity index (χ0n) is 15.1. The molecular weight excluding hydrogens is 342 g/mol. The summed E-state index contributed by atoms with van der Waals surface area (Å²) in [5.41, 5.74) is 9.44. The van der Waals surface area contributed by atoms with E-state index < -0.39 is 0 Å². The van der Waals surface area contributed by atoms with Crippen LogP contribution in [-0.2, 0) is 6.54 Å². The van der Waals surface area contributed by atoms with Crippen LogP contribution in [0.4, 0.5) is 0 Å². The van der Waals surface area contributed by atoms with Gasteiger partial charge in [-0.2, -0.15) is 0 Å². The van der Waals surface area contributed by atoms with E-state index >= 15 is 0 Å². The molecule has 0 spiro atoms. The lowest BCUT2D eigenvalue weighted by molar-refractivity contribution is 0.0729. The van der Waals surface area contributed by atoms with Gasteiger partial charge in [-0.25, -0.2) is 0 Å². The van der Waals surface area contributed by atoms with E-state index in [4.69, 9.17) is 9.47 Å². The van der Waals surface area contributed by atoms with Crippen LogP contribution < -0.4 is 20.3 Å². The van der Waals surface area contributed by atoms with E-state index in [0.29, 0.717) is 18.6 Å². The van der Waals surface area contributed by atoms with Crippen molar-refractivity contribution in [2.75, 3.05) is 13.3 Å². The molecule has 2 heterocycles. The van der Waals surface area contributed by atoms with Gasteiger partial charge in [0, 0.05) is 30.7 Å². The van der Waals surface area contributed by atoms with Crippen molar-refractivity contribution >= 4 is 5.91 Å². The summed E-state index contributed by atoms with van der Waals surface area (Å²) in [6.45, 7) is 1.83. The van der Waals surface area contributed by atoms with Crippen molar-refractivity contribution in [2.24, 2.45) is 0 Å². The lowest BCUT2D eigenvalue weighted by Crippen LogP contribution is -2.32. The fourth-order valence-corrected chi connectivity index (χ4v) is 3.75. The first-order valence-electron chi connectivity index (χ1n) is 9.56. The number of benzene rings is 2. The fourth-order valence-electron chi connectivity index (χ4n) is 3.75. The molecule has 1 unspecified atom stereocenters. The number of hydrogen-bond acceptors (Lipinski definition) is 5. The Hall–Kier alpha value is -2.57. The maximum Gasteiger partial charge on any atom is 0.254 e. The summed E-state index contributed by atoms with van der Waals surface area (Å²) in [6, 6.07) is 14.6. The highest BCUT2D eigenvalue weighted by Crippen LogP contribution is 2.35. The molecule has 0 aromatic heterocycles. The van der Waals surface area contributed by atoms with Crippen molar-refractivity contribution in [1.29, 1.82) is 0 Å². The van der Waals surface area contributed by atoms with Crippen LogP contribution in [0.5, 0.6) is 11.5 Å².